The van der Waals surface area contributed by atoms with Crippen molar-refractivity contribution in [2.75, 3.05) is 14.2 Å². The van der Waals surface area contributed by atoms with E-state index in [2.05, 4.69) is 9.69 Å². The Kier molecular flexibility index (Phi) is 5.77. The topological polar surface area (TPSA) is 27.2 Å². The van der Waals surface area contributed by atoms with E-state index < -0.39 is 0 Å². The molecular formula is C20H16N2O2. The zero-order chi connectivity index (χ0) is 17.4. The van der Waals surface area contributed by atoms with Crippen molar-refractivity contribution in [3.8, 4) is 11.5 Å². The summed E-state index contributed by atoms with van der Waals surface area (Å²) in [6.07, 6.45) is 3.39. The van der Waals surface area contributed by atoms with E-state index in [1.807, 2.05) is 48.5 Å². The summed E-state index contributed by atoms with van der Waals surface area (Å²) in [5.74, 6) is 1.49. The van der Waals surface area contributed by atoms with Gasteiger partial charge in [-0.15, -0.1) is 0 Å². The summed E-state index contributed by atoms with van der Waals surface area (Å²) in [5.41, 5.74) is 2.27. The molecular weight excluding hydrogens is 300 g/mol. The monoisotopic (exact) mass is 316 g/mol. The fourth-order valence-electron chi connectivity index (χ4n) is 2.04. The highest BCUT2D eigenvalue weighted by molar-refractivity contribution is 5.69. The second-order valence-electron chi connectivity index (χ2n) is 4.83. The summed E-state index contributed by atoms with van der Waals surface area (Å²) in [5, 5.41) is 0. The lowest BCUT2D eigenvalue weighted by atomic mass is 10.1. The Balaban J connectivity index is 2.34. The van der Waals surface area contributed by atoms with Crippen LogP contribution in [0.1, 0.15) is 11.1 Å². The van der Waals surface area contributed by atoms with Gasteiger partial charge < -0.3 is 9.47 Å². The molecule has 24 heavy (non-hydrogen) atoms. The summed E-state index contributed by atoms with van der Waals surface area (Å²) in [6, 6.07) is 14.7. The van der Waals surface area contributed by atoms with Crippen molar-refractivity contribution < 1.29 is 9.47 Å². The van der Waals surface area contributed by atoms with E-state index in [4.69, 9.17) is 22.6 Å². The first-order chi connectivity index (χ1) is 11.7. The standard InChI is InChI=1S/C20H16N2O2/c1-21-19(13-15-5-9-17(23-3)10-6-15)20(22-2)14-16-7-11-18(24-4)12-8-16/h5-14H,3-4H3/b19-13-,20-14+. The van der Waals surface area contributed by atoms with Crippen molar-refractivity contribution in [1.29, 1.82) is 0 Å². The molecule has 0 aliphatic rings. The maximum Gasteiger partial charge on any atom is 0.195 e. The quantitative estimate of drug-likeness (QED) is 0.578. The smallest absolute Gasteiger partial charge is 0.195 e. The van der Waals surface area contributed by atoms with E-state index in [0.29, 0.717) is 11.4 Å². The van der Waals surface area contributed by atoms with Crippen LogP contribution >= 0.6 is 0 Å². The van der Waals surface area contributed by atoms with Crippen LogP contribution < -0.4 is 9.47 Å². The molecule has 4 heteroatoms. The molecule has 0 radical (unpaired) electrons. The molecule has 0 saturated heterocycles. The molecule has 0 N–H and O–H groups in total. The van der Waals surface area contributed by atoms with Crippen LogP contribution in [0.25, 0.3) is 21.8 Å². The molecule has 0 saturated carbocycles. The molecule has 2 aromatic rings. The zero-order valence-corrected chi connectivity index (χ0v) is 13.5. The summed E-state index contributed by atoms with van der Waals surface area (Å²) < 4.78 is 10.2. The lowest BCUT2D eigenvalue weighted by molar-refractivity contribution is 0.414. The van der Waals surface area contributed by atoms with Gasteiger partial charge in [0.15, 0.2) is 11.4 Å². The average molecular weight is 316 g/mol. The van der Waals surface area contributed by atoms with Gasteiger partial charge in [-0.25, -0.2) is 0 Å². The van der Waals surface area contributed by atoms with Crippen LogP contribution in [-0.4, -0.2) is 14.2 Å². The minimum atomic E-state index is 0.297. The molecule has 2 rings (SSSR count). The van der Waals surface area contributed by atoms with Crippen molar-refractivity contribution in [3.05, 3.63) is 93.9 Å². The minimum Gasteiger partial charge on any atom is -0.497 e. The van der Waals surface area contributed by atoms with E-state index in [1.165, 1.54) is 0 Å². The van der Waals surface area contributed by atoms with Gasteiger partial charge in [-0.1, -0.05) is 36.4 Å². The van der Waals surface area contributed by atoms with Gasteiger partial charge in [0.05, 0.1) is 27.4 Å². The maximum absolute atomic E-state index is 7.38. The van der Waals surface area contributed by atoms with Crippen LogP contribution in [0, 0.1) is 13.1 Å². The summed E-state index contributed by atoms with van der Waals surface area (Å²) >= 11 is 0. The number of benzene rings is 2. The number of hydrogen-bond acceptors (Lipinski definition) is 2. The molecule has 0 aromatic heterocycles. The van der Waals surface area contributed by atoms with Gasteiger partial charge in [-0.2, -0.15) is 0 Å². The fraction of sp³-hybridized carbons (Fsp3) is 0.100. The molecule has 2 aromatic carbocycles. The largest absolute Gasteiger partial charge is 0.497 e. The van der Waals surface area contributed by atoms with Gasteiger partial charge >= 0.3 is 0 Å². The molecule has 0 aliphatic carbocycles. The Morgan fingerprint density at radius 2 is 1.04 bits per heavy atom. The second kappa shape index (κ2) is 8.22. The third-order valence-corrected chi connectivity index (χ3v) is 3.34. The van der Waals surface area contributed by atoms with Crippen molar-refractivity contribution in [2.24, 2.45) is 0 Å². The van der Waals surface area contributed by atoms with Crippen molar-refractivity contribution in [3.63, 3.8) is 0 Å². The van der Waals surface area contributed by atoms with Crippen LogP contribution in [0.4, 0.5) is 0 Å². The molecule has 0 spiro atoms. The number of methoxy groups -OCH3 is 2. The minimum absolute atomic E-state index is 0.297. The van der Waals surface area contributed by atoms with E-state index in [-0.39, 0.29) is 0 Å². The molecule has 0 unspecified atom stereocenters. The fourth-order valence-corrected chi connectivity index (χ4v) is 2.04. The van der Waals surface area contributed by atoms with Crippen LogP contribution in [0.5, 0.6) is 11.5 Å². The van der Waals surface area contributed by atoms with Gasteiger partial charge in [0.25, 0.3) is 0 Å². The average Bonchev–Trinajstić information content (AvgIpc) is 2.65. The van der Waals surface area contributed by atoms with Crippen molar-refractivity contribution in [2.45, 2.75) is 0 Å². The van der Waals surface area contributed by atoms with E-state index in [0.717, 1.165) is 22.6 Å². The van der Waals surface area contributed by atoms with Crippen LogP contribution in [0.15, 0.2) is 59.9 Å². The van der Waals surface area contributed by atoms with Gasteiger partial charge in [-0.3, -0.25) is 9.69 Å². The SMILES string of the molecule is [C-]#[N+]C(=C\c1ccc(OC)cc1)/C(=C\c1ccc(OC)cc1)[N+]#[C-]. The van der Waals surface area contributed by atoms with Gasteiger partial charge in [-0.05, 0) is 35.4 Å². The summed E-state index contributed by atoms with van der Waals surface area (Å²) in [4.78, 5) is 7.00. The normalized spacial score (nSPS) is 11.3. The Morgan fingerprint density at radius 1 is 0.708 bits per heavy atom. The lowest BCUT2D eigenvalue weighted by Crippen LogP contribution is -1.85. The molecule has 0 heterocycles. The van der Waals surface area contributed by atoms with Crippen LogP contribution in [-0.2, 0) is 0 Å². The van der Waals surface area contributed by atoms with Crippen LogP contribution in [0.3, 0.4) is 0 Å². The molecule has 118 valence electrons. The molecule has 0 amide bonds. The van der Waals surface area contributed by atoms with Gasteiger partial charge in [0.2, 0.25) is 0 Å². The number of nitrogens with zero attached hydrogens (tertiary/aromatic N) is 2. The highest BCUT2D eigenvalue weighted by atomic mass is 16.5. The summed E-state index contributed by atoms with van der Waals surface area (Å²) in [7, 11) is 3.20. The van der Waals surface area contributed by atoms with Gasteiger partial charge in [0.1, 0.15) is 11.5 Å². The zero-order valence-electron chi connectivity index (χ0n) is 13.5. The van der Waals surface area contributed by atoms with Gasteiger partial charge in [0, 0.05) is 0 Å². The van der Waals surface area contributed by atoms with E-state index in [9.17, 15) is 0 Å². The Bertz CT molecular complexity index is 760. The molecule has 0 aliphatic heterocycles. The Hall–Kier alpha value is -3.50. The third kappa shape index (κ3) is 4.25. The summed E-state index contributed by atoms with van der Waals surface area (Å²) in [6.45, 7) is 14.8. The number of hydrogen-bond donors (Lipinski definition) is 0. The number of rotatable bonds is 5. The third-order valence-electron chi connectivity index (χ3n) is 3.34. The van der Waals surface area contributed by atoms with Crippen LogP contribution in [0.2, 0.25) is 0 Å². The maximum atomic E-state index is 7.38. The van der Waals surface area contributed by atoms with Crippen molar-refractivity contribution >= 4 is 12.2 Å². The first kappa shape index (κ1) is 16.9. The van der Waals surface area contributed by atoms with E-state index >= 15 is 0 Å². The van der Waals surface area contributed by atoms with E-state index in [1.54, 1.807) is 26.4 Å². The highest BCUT2D eigenvalue weighted by Gasteiger charge is 2.06. The first-order valence-corrected chi connectivity index (χ1v) is 7.17. The predicted octanol–water partition coefficient (Wildman–Crippen LogP) is 4.92. The highest BCUT2D eigenvalue weighted by Crippen LogP contribution is 2.22. The Labute approximate surface area is 141 Å². The lowest BCUT2D eigenvalue weighted by Gasteiger charge is -2.02. The van der Waals surface area contributed by atoms with Crippen molar-refractivity contribution in [1.82, 2.24) is 0 Å². The molecule has 0 atom stereocenters. The molecule has 0 bridgehead atoms. The number of ether oxygens (including phenoxy) is 2. The molecule has 0 fully saturated rings. The predicted molar refractivity (Wildman–Crippen MR) is 95.1 cm³/mol. The first-order valence-electron chi connectivity index (χ1n) is 7.17. The Morgan fingerprint density at radius 3 is 1.29 bits per heavy atom. The molecule has 4 nitrogen and oxygen atoms in total. The second-order valence-corrected chi connectivity index (χ2v) is 4.83.